The smallest absolute Gasteiger partial charge is 0.312 e. The van der Waals surface area contributed by atoms with E-state index in [4.69, 9.17) is 0 Å². The summed E-state index contributed by atoms with van der Waals surface area (Å²) in [6, 6.07) is 50.0. The zero-order chi connectivity index (χ0) is 51.2. The van der Waals surface area contributed by atoms with E-state index < -0.39 is 23.5 Å². The minimum Gasteiger partial charge on any atom is -0.312 e. The third-order valence-corrected chi connectivity index (χ3v) is 15.4. The molecule has 0 amide bonds. The predicted octanol–water partition coefficient (Wildman–Crippen LogP) is 19.3. The fourth-order valence-electron chi connectivity index (χ4n) is 11.7. The lowest BCUT2D eigenvalue weighted by atomic mass is 9.88. The third kappa shape index (κ3) is 7.99. The van der Waals surface area contributed by atoms with E-state index >= 15 is 26.3 Å². The highest BCUT2D eigenvalue weighted by molar-refractivity contribution is 6.12. The van der Waals surface area contributed by atoms with Crippen LogP contribution in [-0.2, 0) is 18.8 Å². The summed E-state index contributed by atoms with van der Waals surface area (Å²) in [6.07, 6.45) is -0.131. The largest absolute Gasteiger partial charge is 0.416 e. The zero-order valence-corrected chi connectivity index (χ0v) is 41.3. The molecule has 12 rings (SSSR count). The van der Waals surface area contributed by atoms with Crippen molar-refractivity contribution in [3.05, 3.63) is 232 Å². The maximum Gasteiger partial charge on any atom is 0.416 e. The number of allylic oxidation sites excluding steroid dienone is 5. The van der Waals surface area contributed by atoms with E-state index in [9.17, 15) is 0 Å². The number of aryl methyl sites for hydroxylation is 3. The zero-order valence-electron chi connectivity index (χ0n) is 41.3. The van der Waals surface area contributed by atoms with Crippen molar-refractivity contribution in [3.63, 3.8) is 0 Å². The Labute approximate surface area is 425 Å². The van der Waals surface area contributed by atoms with E-state index in [1.165, 1.54) is 23.3 Å². The molecule has 0 aliphatic heterocycles. The fraction of sp³-hybridized carbons (Fsp3) is 0.152. The van der Waals surface area contributed by atoms with Crippen molar-refractivity contribution in [1.82, 2.24) is 9.13 Å². The Morgan fingerprint density at radius 2 is 0.892 bits per heavy atom. The molecule has 0 fully saturated rings. The molecule has 2 aliphatic rings. The quantitative estimate of drug-likeness (QED) is 0.141. The summed E-state index contributed by atoms with van der Waals surface area (Å²) in [5, 5.41) is 2.62. The number of alkyl halides is 6. The Hall–Kier alpha value is -8.10. The molecule has 0 saturated heterocycles. The molecule has 0 bridgehead atoms. The number of hydrogen-bond donors (Lipinski definition) is 0. The number of rotatable bonds is 7. The highest BCUT2D eigenvalue weighted by atomic mass is 19.4. The number of aromatic nitrogens is 2. The first-order valence-corrected chi connectivity index (χ1v) is 25.1. The van der Waals surface area contributed by atoms with Crippen LogP contribution in [0.4, 0.5) is 26.3 Å². The second kappa shape index (κ2) is 17.8. The molecule has 0 atom stereocenters. The van der Waals surface area contributed by atoms with Gasteiger partial charge in [-0.1, -0.05) is 103 Å². The normalized spacial score (nSPS) is 14.1. The summed E-state index contributed by atoms with van der Waals surface area (Å²) < 4.78 is 95.3. The van der Waals surface area contributed by atoms with Gasteiger partial charge in [0.1, 0.15) is 0 Å². The molecular weight excluding hydrogens is 935 g/mol. The van der Waals surface area contributed by atoms with Crippen molar-refractivity contribution in [1.29, 1.82) is 0 Å². The first-order chi connectivity index (χ1) is 35.6. The topological polar surface area (TPSA) is 9.86 Å². The summed E-state index contributed by atoms with van der Waals surface area (Å²) in [4.78, 5) is 0. The monoisotopic (exact) mass is 984 g/mol. The maximum absolute atomic E-state index is 15.2. The summed E-state index contributed by atoms with van der Waals surface area (Å²) in [7, 11) is 0. The molecule has 10 aromatic rings. The molecule has 0 N–H and O–H groups in total. The van der Waals surface area contributed by atoms with Crippen molar-refractivity contribution in [2.24, 2.45) is 0 Å². The van der Waals surface area contributed by atoms with Gasteiger partial charge in [-0.25, -0.2) is 0 Å². The van der Waals surface area contributed by atoms with Gasteiger partial charge in [0.05, 0.1) is 39.1 Å². The van der Waals surface area contributed by atoms with Crippen LogP contribution in [0.5, 0.6) is 0 Å². The molecule has 2 nitrogen and oxygen atoms in total. The Morgan fingerprint density at radius 1 is 0.419 bits per heavy atom. The Balaban J connectivity index is 1.17. The van der Waals surface area contributed by atoms with Gasteiger partial charge >= 0.3 is 12.4 Å². The molecule has 0 spiro atoms. The molecule has 2 heterocycles. The summed E-state index contributed by atoms with van der Waals surface area (Å²) in [5.74, 6) is 0. The van der Waals surface area contributed by atoms with Crippen molar-refractivity contribution in [3.8, 4) is 44.8 Å². The van der Waals surface area contributed by atoms with Gasteiger partial charge in [0.15, 0.2) is 0 Å². The Bertz CT molecular complexity index is 3930. The molecule has 2 aromatic heterocycles. The minimum atomic E-state index is -4.81. The van der Waals surface area contributed by atoms with Gasteiger partial charge in [-0.2, -0.15) is 26.3 Å². The molecule has 8 aromatic carbocycles. The fourth-order valence-corrected chi connectivity index (χ4v) is 11.7. The van der Waals surface area contributed by atoms with Gasteiger partial charge in [-0.15, -0.1) is 0 Å². The summed E-state index contributed by atoms with van der Waals surface area (Å²) in [5.41, 5.74) is 15.7. The van der Waals surface area contributed by atoms with Crippen LogP contribution in [0.15, 0.2) is 182 Å². The molecule has 8 heteroatoms. The first-order valence-electron chi connectivity index (χ1n) is 25.1. The van der Waals surface area contributed by atoms with Gasteiger partial charge in [-0.3, -0.25) is 0 Å². The van der Waals surface area contributed by atoms with Crippen LogP contribution in [-0.4, -0.2) is 9.13 Å². The van der Waals surface area contributed by atoms with Crippen LogP contribution in [0.25, 0.3) is 94.7 Å². The highest BCUT2D eigenvalue weighted by Crippen LogP contribution is 2.48. The van der Waals surface area contributed by atoms with Crippen molar-refractivity contribution in [2.75, 3.05) is 0 Å². The molecule has 366 valence electrons. The number of halogens is 6. The average molecular weight is 985 g/mol. The Kier molecular flexibility index (Phi) is 11.3. The van der Waals surface area contributed by atoms with Gasteiger partial charge in [0.25, 0.3) is 0 Å². The van der Waals surface area contributed by atoms with Crippen LogP contribution < -0.4 is 0 Å². The van der Waals surface area contributed by atoms with Crippen molar-refractivity contribution in [2.45, 2.75) is 65.7 Å². The second-order valence-electron chi connectivity index (χ2n) is 19.9. The molecule has 2 aliphatic carbocycles. The molecule has 0 saturated carbocycles. The SMILES string of the molecule is CC1=C(c2ccc3c(c2)c2c(n3-c3ccc(C(F)(F)F)cc3-c3cc(C(F)(F)F)ccc3-n3c4ccc(-c5ccccc5C)cc4c4cc(-c5ccccc5C)ccc43)CCC(c3ccccc3C)=C2)CCC=C1. The van der Waals surface area contributed by atoms with E-state index in [0.717, 1.165) is 126 Å². The number of fused-ring (bicyclic) bond motifs is 6. The van der Waals surface area contributed by atoms with Crippen molar-refractivity contribution >= 4 is 49.9 Å². The predicted molar refractivity (Wildman–Crippen MR) is 292 cm³/mol. The first kappa shape index (κ1) is 46.9. The highest BCUT2D eigenvalue weighted by Gasteiger charge is 2.35. The van der Waals surface area contributed by atoms with E-state index in [-0.39, 0.29) is 11.1 Å². The Morgan fingerprint density at radius 3 is 1.41 bits per heavy atom. The van der Waals surface area contributed by atoms with Crippen LogP contribution in [0.1, 0.15) is 76.4 Å². The molecule has 0 unspecified atom stereocenters. The molecule has 0 radical (unpaired) electrons. The van der Waals surface area contributed by atoms with E-state index in [1.807, 2.05) is 75.9 Å². The lowest BCUT2D eigenvalue weighted by Crippen LogP contribution is -2.11. The van der Waals surface area contributed by atoms with Crippen LogP contribution in [0, 0.1) is 20.8 Å². The number of nitrogens with zero attached hydrogens (tertiary/aromatic N) is 2. The van der Waals surface area contributed by atoms with E-state index in [2.05, 4.69) is 107 Å². The second-order valence-corrected chi connectivity index (χ2v) is 19.9. The average Bonchev–Trinajstić information content (AvgIpc) is 3.89. The lowest BCUT2D eigenvalue weighted by Gasteiger charge is -2.23. The summed E-state index contributed by atoms with van der Waals surface area (Å²) >= 11 is 0. The maximum atomic E-state index is 15.2. The third-order valence-electron chi connectivity index (χ3n) is 15.4. The standard InChI is InChI=1S/C66H50F6N2/c1-39-13-5-9-17-49(39)43-21-27-59-53(33-43)54-34-44(50-18-10-6-14-40(50)2)22-28-60(54)73(59)63-31-25-47(65(67,68)69)37-57(63)58-38-48(66(70,71)72)26-32-64(58)74-61-29-23-45(51-19-11-7-15-41(51)3)35-55(61)56-36-46(24-30-62(56)74)52-20-12-8-16-42(52)4/h5-11,13-19,21-22,24-28,30-38H,12,20,23,29H2,1-4H3. The number of hydrogen-bond acceptors (Lipinski definition) is 0. The van der Waals surface area contributed by atoms with Gasteiger partial charge < -0.3 is 9.13 Å². The van der Waals surface area contributed by atoms with Gasteiger partial charge in [0.2, 0.25) is 0 Å². The van der Waals surface area contributed by atoms with Crippen LogP contribution >= 0.6 is 0 Å². The van der Waals surface area contributed by atoms with E-state index in [0.29, 0.717) is 35.2 Å². The molecular formula is C66H50F6N2. The summed E-state index contributed by atoms with van der Waals surface area (Å²) in [6.45, 7) is 8.30. The number of benzene rings is 8. The van der Waals surface area contributed by atoms with E-state index in [1.54, 1.807) is 0 Å². The van der Waals surface area contributed by atoms with Gasteiger partial charge in [-0.05, 0) is 199 Å². The molecule has 74 heavy (non-hydrogen) atoms. The van der Waals surface area contributed by atoms with Crippen molar-refractivity contribution < 1.29 is 26.3 Å². The minimum absolute atomic E-state index is 0.0135. The lowest BCUT2D eigenvalue weighted by molar-refractivity contribution is -0.138. The van der Waals surface area contributed by atoms with Crippen LogP contribution in [0.3, 0.4) is 0 Å². The van der Waals surface area contributed by atoms with Gasteiger partial charge in [0, 0.05) is 38.5 Å². The van der Waals surface area contributed by atoms with Crippen LogP contribution in [0.2, 0.25) is 0 Å².